The maximum atomic E-state index is 12.7. The van der Waals surface area contributed by atoms with Gasteiger partial charge in [0.15, 0.2) is 5.78 Å². The number of Topliss-reactive ketones (excluding diaryl/α,β-unsaturated/α-hetero) is 1. The standard InChI is InChI=1S/C18H21NO/c1-14(2)13-19-17(15-9-5-3-6-10-15)18(20)16-11-7-4-8-12-16/h3-12,14,17,19H,13H2,1-2H3. The first-order valence-electron chi connectivity index (χ1n) is 7.06. The molecule has 0 amide bonds. The molecule has 0 aliphatic carbocycles. The van der Waals surface area contributed by atoms with Gasteiger partial charge >= 0.3 is 0 Å². The molecule has 104 valence electrons. The van der Waals surface area contributed by atoms with Crippen molar-refractivity contribution in [1.29, 1.82) is 0 Å². The van der Waals surface area contributed by atoms with E-state index < -0.39 is 0 Å². The Labute approximate surface area is 120 Å². The fraction of sp³-hybridized carbons (Fsp3) is 0.278. The van der Waals surface area contributed by atoms with Crippen LogP contribution in [-0.2, 0) is 0 Å². The number of hydrogen-bond acceptors (Lipinski definition) is 2. The van der Waals surface area contributed by atoms with Crippen molar-refractivity contribution in [3.05, 3.63) is 71.8 Å². The lowest BCUT2D eigenvalue weighted by atomic mass is 9.97. The van der Waals surface area contributed by atoms with E-state index in [0.717, 1.165) is 17.7 Å². The number of rotatable bonds is 6. The second-order valence-corrected chi connectivity index (χ2v) is 5.38. The van der Waals surface area contributed by atoms with Gasteiger partial charge in [0.05, 0.1) is 6.04 Å². The van der Waals surface area contributed by atoms with E-state index in [4.69, 9.17) is 0 Å². The molecule has 0 aromatic heterocycles. The summed E-state index contributed by atoms with van der Waals surface area (Å²) in [5.74, 6) is 0.627. The van der Waals surface area contributed by atoms with Gasteiger partial charge in [0.2, 0.25) is 0 Å². The molecular formula is C18H21NO. The van der Waals surface area contributed by atoms with Gasteiger partial charge in [-0.05, 0) is 18.0 Å². The lowest BCUT2D eigenvalue weighted by molar-refractivity contribution is 0.0941. The third-order valence-electron chi connectivity index (χ3n) is 3.18. The van der Waals surface area contributed by atoms with E-state index in [2.05, 4.69) is 19.2 Å². The number of carbonyl (C=O) groups is 1. The Kier molecular flexibility index (Phi) is 5.08. The largest absolute Gasteiger partial charge is 0.303 e. The molecule has 2 aromatic carbocycles. The third-order valence-corrected chi connectivity index (χ3v) is 3.18. The first-order valence-corrected chi connectivity index (χ1v) is 7.06. The molecule has 0 aliphatic rings. The normalized spacial score (nSPS) is 12.3. The van der Waals surface area contributed by atoms with Crippen molar-refractivity contribution < 1.29 is 4.79 Å². The molecule has 0 heterocycles. The number of carbonyl (C=O) groups excluding carboxylic acids is 1. The zero-order valence-electron chi connectivity index (χ0n) is 12.0. The molecule has 2 rings (SSSR count). The summed E-state index contributed by atoms with van der Waals surface area (Å²) >= 11 is 0. The van der Waals surface area contributed by atoms with Crippen molar-refractivity contribution in [3.8, 4) is 0 Å². The van der Waals surface area contributed by atoms with Crippen LogP contribution in [0.3, 0.4) is 0 Å². The molecule has 0 fully saturated rings. The molecule has 0 aliphatic heterocycles. The van der Waals surface area contributed by atoms with E-state index in [1.807, 2.05) is 60.7 Å². The molecule has 2 heteroatoms. The minimum atomic E-state index is -0.277. The molecule has 0 saturated carbocycles. The van der Waals surface area contributed by atoms with E-state index in [1.165, 1.54) is 0 Å². The highest BCUT2D eigenvalue weighted by atomic mass is 16.1. The van der Waals surface area contributed by atoms with Crippen molar-refractivity contribution >= 4 is 5.78 Å². The monoisotopic (exact) mass is 267 g/mol. The Morgan fingerprint density at radius 2 is 1.50 bits per heavy atom. The molecule has 0 bridgehead atoms. The van der Waals surface area contributed by atoms with E-state index in [-0.39, 0.29) is 11.8 Å². The Balaban J connectivity index is 2.25. The number of benzene rings is 2. The van der Waals surface area contributed by atoms with Crippen LogP contribution in [0.25, 0.3) is 0 Å². The quantitative estimate of drug-likeness (QED) is 0.805. The van der Waals surface area contributed by atoms with Crippen LogP contribution in [0, 0.1) is 5.92 Å². The highest BCUT2D eigenvalue weighted by molar-refractivity contribution is 6.00. The van der Waals surface area contributed by atoms with Gasteiger partial charge in [-0.15, -0.1) is 0 Å². The van der Waals surface area contributed by atoms with Crippen LogP contribution in [0.1, 0.15) is 35.8 Å². The summed E-state index contributed by atoms with van der Waals surface area (Å²) in [6.07, 6.45) is 0. The van der Waals surface area contributed by atoms with E-state index in [0.29, 0.717) is 5.92 Å². The fourth-order valence-corrected chi connectivity index (χ4v) is 2.13. The van der Waals surface area contributed by atoms with Gasteiger partial charge in [-0.3, -0.25) is 4.79 Å². The molecule has 0 spiro atoms. The lowest BCUT2D eigenvalue weighted by Gasteiger charge is -2.19. The average molecular weight is 267 g/mol. The smallest absolute Gasteiger partial charge is 0.184 e. The average Bonchev–Trinajstić information content (AvgIpc) is 2.49. The van der Waals surface area contributed by atoms with Gasteiger partial charge in [-0.1, -0.05) is 74.5 Å². The minimum Gasteiger partial charge on any atom is -0.303 e. The van der Waals surface area contributed by atoms with Crippen LogP contribution in [0.4, 0.5) is 0 Å². The fourth-order valence-electron chi connectivity index (χ4n) is 2.13. The minimum absolute atomic E-state index is 0.123. The zero-order valence-corrected chi connectivity index (χ0v) is 12.0. The molecule has 1 N–H and O–H groups in total. The van der Waals surface area contributed by atoms with E-state index in [9.17, 15) is 4.79 Å². The van der Waals surface area contributed by atoms with Crippen LogP contribution in [0.5, 0.6) is 0 Å². The van der Waals surface area contributed by atoms with Crippen LogP contribution < -0.4 is 5.32 Å². The van der Waals surface area contributed by atoms with Crippen molar-refractivity contribution in [3.63, 3.8) is 0 Å². The second kappa shape index (κ2) is 7.01. The predicted octanol–water partition coefficient (Wildman–Crippen LogP) is 3.86. The number of nitrogens with one attached hydrogen (secondary N) is 1. The summed E-state index contributed by atoms with van der Waals surface area (Å²) in [6, 6.07) is 19.1. The maximum absolute atomic E-state index is 12.7. The van der Waals surface area contributed by atoms with Crippen LogP contribution in [0.2, 0.25) is 0 Å². The maximum Gasteiger partial charge on any atom is 0.184 e. The second-order valence-electron chi connectivity index (χ2n) is 5.38. The summed E-state index contributed by atoms with van der Waals surface area (Å²) < 4.78 is 0. The van der Waals surface area contributed by atoms with Gasteiger partial charge in [0, 0.05) is 5.56 Å². The van der Waals surface area contributed by atoms with Crippen LogP contribution in [-0.4, -0.2) is 12.3 Å². The summed E-state index contributed by atoms with van der Waals surface area (Å²) in [5.41, 5.74) is 1.76. The van der Waals surface area contributed by atoms with E-state index in [1.54, 1.807) is 0 Å². The number of hydrogen-bond donors (Lipinski definition) is 1. The molecular weight excluding hydrogens is 246 g/mol. The van der Waals surface area contributed by atoms with Crippen molar-refractivity contribution in [2.24, 2.45) is 5.92 Å². The van der Waals surface area contributed by atoms with Gasteiger partial charge in [0.25, 0.3) is 0 Å². The summed E-state index contributed by atoms with van der Waals surface area (Å²) in [4.78, 5) is 12.7. The molecule has 2 nitrogen and oxygen atoms in total. The highest BCUT2D eigenvalue weighted by Gasteiger charge is 2.21. The Morgan fingerprint density at radius 1 is 0.950 bits per heavy atom. The van der Waals surface area contributed by atoms with Crippen molar-refractivity contribution in [2.45, 2.75) is 19.9 Å². The van der Waals surface area contributed by atoms with Gasteiger partial charge in [-0.2, -0.15) is 0 Å². The molecule has 0 radical (unpaired) electrons. The molecule has 1 unspecified atom stereocenters. The summed E-state index contributed by atoms with van der Waals surface area (Å²) in [6.45, 7) is 5.10. The van der Waals surface area contributed by atoms with Gasteiger partial charge in [0.1, 0.15) is 0 Å². The van der Waals surface area contributed by atoms with E-state index >= 15 is 0 Å². The van der Waals surface area contributed by atoms with Gasteiger partial charge in [-0.25, -0.2) is 0 Å². The Bertz CT molecular complexity index is 534. The summed E-state index contributed by atoms with van der Waals surface area (Å²) in [5, 5.41) is 3.38. The third kappa shape index (κ3) is 3.78. The Hall–Kier alpha value is -1.93. The first kappa shape index (κ1) is 14.5. The topological polar surface area (TPSA) is 29.1 Å². The van der Waals surface area contributed by atoms with Crippen molar-refractivity contribution in [1.82, 2.24) is 5.32 Å². The van der Waals surface area contributed by atoms with Crippen molar-refractivity contribution in [2.75, 3.05) is 6.54 Å². The van der Waals surface area contributed by atoms with Gasteiger partial charge < -0.3 is 5.32 Å². The lowest BCUT2D eigenvalue weighted by Crippen LogP contribution is -2.31. The first-order chi connectivity index (χ1) is 9.68. The SMILES string of the molecule is CC(C)CNC(C(=O)c1ccccc1)c1ccccc1. The molecule has 1 atom stereocenters. The predicted molar refractivity (Wildman–Crippen MR) is 82.8 cm³/mol. The molecule has 0 saturated heterocycles. The Morgan fingerprint density at radius 3 is 2.05 bits per heavy atom. The molecule has 20 heavy (non-hydrogen) atoms. The zero-order chi connectivity index (χ0) is 14.4. The van der Waals surface area contributed by atoms with Crippen LogP contribution >= 0.6 is 0 Å². The number of ketones is 1. The summed E-state index contributed by atoms with van der Waals surface area (Å²) in [7, 11) is 0. The van der Waals surface area contributed by atoms with Crippen LogP contribution in [0.15, 0.2) is 60.7 Å². The highest BCUT2D eigenvalue weighted by Crippen LogP contribution is 2.18. The molecule has 2 aromatic rings.